The van der Waals surface area contributed by atoms with Crippen LogP contribution in [-0.2, 0) is 6.54 Å². The first-order chi connectivity index (χ1) is 13.7. The second-order valence-corrected chi connectivity index (χ2v) is 6.47. The molecular weight excluding hydrogens is 350 g/mol. The Labute approximate surface area is 161 Å². The zero-order valence-corrected chi connectivity index (χ0v) is 15.1. The lowest BCUT2D eigenvalue weighted by Gasteiger charge is -2.10. The molecule has 138 valence electrons. The number of pyridine rings is 1. The Morgan fingerprint density at radius 3 is 2.43 bits per heavy atom. The first-order valence-electron chi connectivity index (χ1n) is 8.97. The van der Waals surface area contributed by atoms with Crippen LogP contribution in [0.15, 0.2) is 83.8 Å². The third-order valence-corrected chi connectivity index (χ3v) is 4.72. The van der Waals surface area contributed by atoms with Crippen LogP contribution >= 0.6 is 0 Å². The number of hydrogen-bond donors (Lipinski definition) is 3. The number of nitrogens with one attached hydrogen (secondary N) is 2. The molecule has 1 amide bonds. The van der Waals surface area contributed by atoms with Crippen molar-refractivity contribution in [2.24, 2.45) is 5.73 Å². The zero-order valence-electron chi connectivity index (χ0n) is 15.1. The number of nitrogens with two attached hydrogens (primary N) is 1. The number of aromatic amines is 1. The Hall–Kier alpha value is -3.70. The summed E-state index contributed by atoms with van der Waals surface area (Å²) < 4.78 is 0. The molecule has 1 heterocycles. The van der Waals surface area contributed by atoms with Gasteiger partial charge in [0.05, 0.1) is 0 Å². The summed E-state index contributed by atoms with van der Waals surface area (Å²) in [7, 11) is 0. The van der Waals surface area contributed by atoms with E-state index < -0.39 is 5.91 Å². The highest BCUT2D eigenvalue weighted by atomic mass is 16.2. The van der Waals surface area contributed by atoms with Crippen LogP contribution in [0.2, 0.25) is 0 Å². The second-order valence-electron chi connectivity index (χ2n) is 6.47. The van der Waals surface area contributed by atoms with E-state index in [9.17, 15) is 9.59 Å². The Bertz CT molecular complexity index is 1210. The maximum atomic E-state index is 12.6. The molecule has 1 aromatic heterocycles. The molecule has 0 saturated heterocycles. The number of aromatic nitrogens is 1. The fourth-order valence-electron chi connectivity index (χ4n) is 3.25. The lowest BCUT2D eigenvalue weighted by Crippen LogP contribution is -2.21. The third-order valence-electron chi connectivity index (χ3n) is 4.72. The Kier molecular flexibility index (Phi) is 4.74. The van der Waals surface area contributed by atoms with Gasteiger partial charge in [0.15, 0.2) is 0 Å². The van der Waals surface area contributed by atoms with Crippen LogP contribution < -0.4 is 16.5 Å². The monoisotopic (exact) mass is 369 g/mol. The fourth-order valence-corrected chi connectivity index (χ4v) is 3.25. The van der Waals surface area contributed by atoms with Crippen molar-refractivity contribution in [3.05, 3.63) is 100 Å². The van der Waals surface area contributed by atoms with E-state index in [1.165, 1.54) is 6.20 Å². The SMILES string of the molecule is NCc1ccccc1-c1ccc(NC(=O)c2c[nH]c3ccccc3c2=O)cc1. The van der Waals surface area contributed by atoms with Gasteiger partial charge in [0.25, 0.3) is 5.91 Å². The number of para-hydroxylation sites is 1. The molecule has 0 aliphatic heterocycles. The predicted octanol–water partition coefficient (Wildman–Crippen LogP) is 3.91. The Morgan fingerprint density at radius 1 is 0.929 bits per heavy atom. The number of fused-ring (bicyclic) bond motifs is 1. The first-order valence-corrected chi connectivity index (χ1v) is 8.97. The van der Waals surface area contributed by atoms with Gasteiger partial charge in [0.2, 0.25) is 5.43 Å². The van der Waals surface area contributed by atoms with E-state index in [-0.39, 0.29) is 11.0 Å². The number of benzene rings is 3. The van der Waals surface area contributed by atoms with Gasteiger partial charge in [0, 0.05) is 29.3 Å². The highest BCUT2D eigenvalue weighted by molar-refractivity contribution is 6.05. The summed E-state index contributed by atoms with van der Waals surface area (Å²) in [5.74, 6) is -0.442. The van der Waals surface area contributed by atoms with Crippen LogP contribution in [0.1, 0.15) is 15.9 Å². The van der Waals surface area contributed by atoms with Crippen LogP contribution in [0, 0.1) is 0 Å². The molecule has 0 spiro atoms. The molecule has 4 aromatic rings. The maximum absolute atomic E-state index is 12.6. The molecule has 0 radical (unpaired) electrons. The molecular formula is C23H19N3O2. The molecule has 0 fully saturated rings. The highest BCUT2D eigenvalue weighted by Gasteiger charge is 2.13. The lowest BCUT2D eigenvalue weighted by atomic mass is 9.99. The second kappa shape index (κ2) is 7.50. The number of hydrogen-bond acceptors (Lipinski definition) is 3. The number of carbonyl (C=O) groups excluding carboxylic acids is 1. The minimum atomic E-state index is -0.442. The van der Waals surface area contributed by atoms with Gasteiger partial charge in [-0.25, -0.2) is 0 Å². The van der Waals surface area contributed by atoms with Crippen LogP contribution in [-0.4, -0.2) is 10.9 Å². The summed E-state index contributed by atoms with van der Waals surface area (Å²) in [6.45, 7) is 0.458. The molecule has 0 aliphatic carbocycles. The summed E-state index contributed by atoms with van der Waals surface area (Å²) >= 11 is 0. The molecule has 4 rings (SSSR count). The summed E-state index contributed by atoms with van der Waals surface area (Å²) in [6.07, 6.45) is 1.45. The molecule has 0 aliphatic rings. The van der Waals surface area contributed by atoms with Crippen LogP contribution in [0.3, 0.4) is 0 Å². The van der Waals surface area contributed by atoms with E-state index in [1.807, 2.05) is 54.6 Å². The topological polar surface area (TPSA) is 88.0 Å². The van der Waals surface area contributed by atoms with Gasteiger partial charge >= 0.3 is 0 Å². The minimum absolute atomic E-state index is 0.0799. The number of carbonyl (C=O) groups is 1. The van der Waals surface area contributed by atoms with E-state index in [4.69, 9.17) is 5.73 Å². The normalized spacial score (nSPS) is 10.8. The molecule has 28 heavy (non-hydrogen) atoms. The zero-order chi connectivity index (χ0) is 19.5. The van der Waals surface area contributed by atoms with E-state index in [0.29, 0.717) is 23.1 Å². The maximum Gasteiger partial charge on any atom is 0.261 e. The van der Waals surface area contributed by atoms with E-state index in [2.05, 4.69) is 10.3 Å². The Morgan fingerprint density at radius 2 is 1.64 bits per heavy atom. The predicted molar refractivity (Wildman–Crippen MR) is 112 cm³/mol. The van der Waals surface area contributed by atoms with Crippen molar-refractivity contribution in [3.63, 3.8) is 0 Å². The van der Waals surface area contributed by atoms with Crippen molar-refractivity contribution < 1.29 is 4.79 Å². The quantitative estimate of drug-likeness (QED) is 0.510. The minimum Gasteiger partial charge on any atom is -0.360 e. The van der Waals surface area contributed by atoms with Crippen LogP contribution in [0.5, 0.6) is 0 Å². The van der Waals surface area contributed by atoms with E-state index in [0.717, 1.165) is 16.7 Å². The standard InChI is InChI=1S/C23H19N3O2/c24-13-16-5-1-2-6-18(16)15-9-11-17(12-10-15)26-23(28)20-14-25-21-8-4-3-7-19(21)22(20)27/h1-12,14H,13,24H2,(H,25,27)(H,26,28). The molecule has 3 aromatic carbocycles. The number of H-pyrrole nitrogens is 1. The summed E-state index contributed by atoms with van der Waals surface area (Å²) in [4.78, 5) is 28.2. The first kappa shape index (κ1) is 17.7. The van der Waals surface area contributed by atoms with Crippen molar-refractivity contribution in [3.8, 4) is 11.1 Å². The molecule has 5 heteroatoms. The Balaban J connectivity index is 1.59. The number of rotatable bonds is 4. The fraction of sp³-hybridized carbons (Fsp3) is 0.0435. The van der Waals surface area contributed by atoms with E-state index >= 15 is 0 Å². The van der Waals surface area contributed by atoms with Gasteiger partial charge in [-0.1, -0.05) is 48.5 Å². The molecule has 0 unspecified atom stereocenters. The van der Waals surface area contributed by atoms with Gasteiger partial charge in [-0.3, -0.25) is 9.59 Å². The molecule has 5 nitrogen and oxygen atoms in total. The number of anilines is 1. The van der Waals surface area contributed by atoms with Crippen molar-refractivity contribution in [2.45, 2.75) is 6.54 Å². The van der Waals surface area contributed by atoms with Gasteiger partial charge in [-0.2, -0.15) is 0 Å². The smallest absolute Gasteiger partial charge is 0.261 e. The van der Waals surface area contributed by atoms with Gasteiger partial charge in [-0.15, -0.1) is 0 Å². The van der Waals surface area contributed by atoms with Crippen molar-refractivity contribution >= 4 is 22.5 Å². The molecule has 0 bridgehead atoms. The molecule has 4 N–H and O–H groups in total. The highest BCUT2D eigenvalue weighted by Crippen LogP contribution is 2.25. The van der Waals surface area contributed by atoms with Crippen molar-refractivity contribution in [1.29, 1.82) is 0 Å². The van der Waals surface area contributed by atoms with Gasteiger partial charge < -0.3 is 16.0 Å². The largest absolute Gasteiger partial charge is 0.360 e. The van der Waals surface area contributed by atoms with E-state index in [1.54, 1.807) is 18.2 Å². The summed E-state index contributed by atoms with van der Waals surface area (Å²) in [6, 6.07) is 22.5. The number of amides is 1. The van der Waals surface area contributed by atoms with Crippen molar-refractivity contribution in [2.75, 3.05) is 5.32 Å². The average Bonchev–Trinajstić information content (AvgIpc) is 2.74. The summed E-state index contributed by atoms with van der Waals surface area (Å²) in [5.41, 5.74) is 10.1. The average molecular weight is 369 g/mol. The molecule has 0 atom stereocenters. The van der Waals surface area contributed by atoms with Gasteiger partial charge in [-0.05, 0) is 41.0 Å². The molecule has 0 saturated carbocycles. The lowest BCUT2D eigenvalue weighted by molar-refractivity contribution is 0.102. The van der Waals surface area contributed by atoms with Gasteiger partial charge in [0.1, 0.15) is 5.56 Å². The summed E-state index contributed by atoms with van der Waals surface area (Å²) in [5, 5.41) is 3.28. The van der Waals surface area contributed by atoms with Crippen LogP contribution in [0.25, 0.3) is 22.0 Å². The van der Waals surface area contributed by atoms with Crippen molar-refractivity contribution in [1.82, 2.24) is 4.98 Å². The third kappa shape index (κ3) is 3.31. The van der Waals surface area contributed by atoms with Crippen LogP contribution in [0.4, 0.5) is 5.69 Å².